The fourth-order valence-electron chi connectivity index (χ4n) is 1.86. The molecule has 1 aromatic heterocycles. The van der Waals surface area contributed by atoms with Gasteiger partial charge in [0.1, 0.15) is 5.54 Å². The SMILES string of the molecule is CCOC(=O)C(C)(NC1CC1)c1ccncc1. The van der Waals surface area contributed by atoms with Crippen LogP contribution in [0.3, 0.4) is 0 Å². The monoisotopic (exact) mass is 234 g/mol. The largest absolute Gasteiger partial charge is 0.464 e. The molecule has 1 aromatic rings. The van der Waals surface area contributed by atoms with Crippen LogP contribution in [0.5, 0.6) is 0 Å². The lowest BCUT2D eigenvalue weighted by Crippen LogP contribution is -2.48. The Balaban J connectivity index is 2.25. The zero-order valence-electron chi connectivity index (χ0n) is 10.3. The third-order valence-electron chi connectivity index (χ3n) is 3.01. The molecule has 1 N–H and O–H groups in total. The number of nitrogens with zero attached hydrogens (tertiary/aromatic N) is 1. The number of rotatable bonds is 5. The van der Waals surface area contributed by atoms with Crippen LogP contribution in [0.25, 0.3) is 0 Å². The molecular formula is C13H18N2O2. The molecule has 1 saturated carbocycles. The van der Waals surface area contributed by atoms with E-state index in [2.05, 4.69) is 10.3 Å². The Morgan fingerprint density at radius 1 is 1.53 bits per heavy atom. The number of carbonyl (C=O) groups excluding carboxylic acids is 1. The Bertz CT molecular complexity index is 390. The smallest absolute Gasteiger partial charge is 0.330 e. The van der Waals surface area contributed by atoms with Gasteiger partial charge in [0, 0.05) is 18.4 Å². The highest BCUT2D eigenvalue weighted by Gasteiger charge is 2.41. The summed E-state index contributed by atoms with van der Waals surface area (Å²) in [5.74, 6) is -0.224. The third kappa shape index (κ3) is 2.64. The zero-order valence-corrected chi connectivity index (χ0v) is 10.3. The molecule has 17 heavy (non-hydrogen) atoms. The molecule has 1 atom stereocenters. The van der Waals surface area contributed by atoms with Crippen molar-refractivity contribution in [2.75, 3.05) is 6.61 Å². The molecule has 1 unspecified atom stereocenters. The highest BCUT2D eigenvalue weighted by Crippen LogP contribution is 2.29. The Morgan fingerprint density at radius 3 is 2.71 bits per heavy atom. The zero-order chi connectivity index (χ0) is 12.3. The number of pyridine rings is 1. The van der Waals surface area contributed by atoms with Crippen LogP contribution >= 0.6 is 0 Å². The molecule has 1 aliphatic carbocycles. The van der Waals surface area contributed by atoms with Gasteiger partial charge in [0.05, 0.1) is 6.61 Å². The molecule has 0 amide bonds. The number of carbonyl (C=O) groups is 1. The van der Waals surface area contributed by atoms with Gasteiger partial charge in [0.25, 0.3) is 0 Å². The van der Waals surface area contributed by atoms with E-state index in [1.165, 1.54) is 0 Å². The van der Waals surface area contributed by atoms with Gasteiger partial charge in [-0.3, -0.25) is 10.3 Å². The van der Waals surface area contributed by atoms with Crippen molar-refractivity contribution in [2.24, 2.45) is 0 Å². The minimum atomic E-state index is -0.764. The molecule has 0 spiro atoms. The summed E-state index contributed by atoms with van der Waals surface area (Å²) in [6.45, 7) is 4.09. The van der Waals surface area contributed by atoms with E-state index >= 15 is 0 Å². The highest BCUT2D eigenvalue weighted by atomic mass is 16.5. The topological polar surface area (TPSA) is 51.2 Å². The molecule has 0 aromatic carbocycles. The number of hydrogen-bond acceptors (Lipinski definition) is 4. The average Bonchev–Trinajstić information content (AvgIpc) is 3.14. The predicted molar refractivity (Wildman–Crippen MR) is 64.4 cm³/mol. The molecule has 4 nitrogen and oxygen atoms in total. The van der Waals surface area contributed by atoms with Crippen molar-refractivity contribution >= 4 is 5.97 Å². The lowest BCUT2D eigenvalue weighted by atomic mass is 9.92. The van der Waals surface area contributed by atoms with Crippen LogP contribution in [0.2, 0.25) is 0 Å². The van der Waals surface area contributed by atoms with Gasteiger partial charge in [-0.25, -0.2) is 4.79 Å². The molecule has 0 radical (unpaired) electrons. The van der Waals surface area contributed by atoms with E-state index < -0.39 is 5.54 Å². The van der Waals surface area contributed by atoms with E-state index in [1.54, 1.807) is 12.4 Å². The summed E-state index contributed by atoms with van der Waals surface area (Å²) >= 11 is 0. The maximum atomic E-state index is 12.1. The van der Waals surface area contributed by atoms with E-state index in [0.29, 0.717) is 12.6 Å². The molecule has 1 aliphatic rings. The number of hydrogen-bond donors (Lipinski definition) is 1. The molecule has 0 saturated heterocycles. The lowest BCUT2D eigenvalue weighted by Gasteiger charge is -2.29. The van der Waals surface area contributed by atoms with Gasteiger partial charge in [0.2, 0.25) is 0 Å². The lowest BCUT2D eigenvalue weighted by molar-refractivity contribution is -0.151. The van der Waals surface area contributed by atoms with Crippen molar-refractivity contribution in [3.05, 3.63) is 30.1 Å². The molecule has 2 rings (SSSR count). The second kappa shape index (κ2) is 4.84. The summed E-state index contributed by atoms with van der Waals surface area (Å²) < 4.78 is 5.17. The first-order valence-electron chi connectivity index (χ1n) is 6.02. The van der Waals surface area contributed by atoms with E-state index in [4.69, 9.17) is 4.74 Å². The fraction of sp³-hybridized carbons (Fsp3) is 0.538. The number of ether oxygens (including phenoxy) is 1. The number of esters is 1. The molecule has 92 valence electrons. The Kier molecular flexibility index (Phi) is 3.43. The van der Waals surface area contributed by atoms with E-state index in [9.17, 15) is 4.79 Å². The van der Waals surface area contributed by atoms with Gasteiger partial charge >= 0.3 is 5.97 Å². The number of aromatic nitrogens is 1. The van der Waals surface area contributed by atoms with Crippen LogP contribution in [0.1, 0.15) is 32.3 Å². The second-order valence-electron chi connectivity index (χ2n) is 4.50. The first-order valence-corrected chi connectivity index (χ1v) is 6.02. The van der Waals surface area contributed by atoms with Gasteiger partial charge in [-0.15, -0.1) is 0 Å². The molecular weight excluding hydrogens is 216 g/mol. The van der Waals surface area contributed by atoms with Crippen LogP contribution in [-0.2, 0) is 15.1 Å². The van der Waals surface area contributed by atoms with Crippen molar-refractivity contribution in [3.63, 3.8) is 0 Å². The van der Waals surface area contributed by atoms with Crippen LogP contribution in [0.15, 0.2) is 24.5 Å². The van der Waals surface area contributed by atoms with Crippen LogP contribution in [0.4, 0.5) is 0 Å². The van der Waals surface area contributed by atoms with Gasteiger partial charge in [0.15, 0.2) is 0 Å². The summed E-state index contributed by atoms with van der Waals surface area (Å²) in [5, 5.41) is 3.37. The molecule has 1 heterocycles. The van der Waals surface area contributed by atoms with Crippen LogP contribution < -0.4 is 5.32 Å². The van der Waals surface area contributed by atoms with Gasteiger partial charge < -0.3 is 4.74 Å². The van der Waals surface area contributed by atoms with Crippen molar-refractivity contribution in [2.45, 2.75) is 38.3 Å². The summed E-state index contributed by atoms with van der Waals surface area (Å²) in [4.78, 5) is 16.1. The fourth-order valence-corrected chi connectivity index (χ4v) is 1.86. The Morgan fingerprint density at radius 2 is 2.18 bits per heavy atom. The highest BCUT2D eigenvalue weighted by molar-refractivity contribution is 5.82. The van der Waals surface area contributed by atoms with Crippen molar-refractivity contribution in [1.82, 2.24) is 10.3 Å². The average molecular weight is 234 g/mol. The first kappa shape index (κ1) is 12.0. The van der Waals surface area contributed by atoms with E-state index in [0.717, 1.165) is 18.4 Å². The Hall–Kier alpha value is -1.42. The normalized spacial score (nSPS) is 18.5. The van der Waals surface area contributed by atoms with E-state index in [-0.39, 0.29) is 5.97 Å². The summed E-state index contributed by atoms with van der Waals surface area (Å²) in [5.41, 5.74) is 0.137. The van der Waals surface area contributed by atoms with Crippen LogP contribution in [-0.4, -0.2) is 23.6 Å². The van der Waals surface area contributed by atoms with Gasteiger partial charge in [-0.2, -0.15) is 0 Å². The first-order chi connectivity index (χ1) is 8.16. The molecule has 0 bridgehead atoms. The molecule has 0 aliphatic heterocycles. The Labute approximate surface area is 101 Å². The summed E-state index contributed by atoms with van der Waals surface area (Å²) in [7, 11) is 0. The van der Waals surface area contributed by atoms with Gasteiger partial charge in [-0.1, -0.05) is 0 Å². The minimum Gasteiger partial charge on any atom is -0.464 e. The minimum absolute atomic E-state index is 0.224. The second-order valence-corrected chi connectivity index (χ2v) is 4.50. The van der Waals surface area contributed by atoms with Crippen molar-refractivity contribution in [3.8, 4) is 0 Å². The molecule has 4 heteroatoms. The summed E-state index contributed by atoms with van der Waals surface area (Å²) in [6.07, 6.45) is 5.64. The third-order valence-corrected chi connectivity index (χ3v) is 3.01. The quantitative estimate of drug-likeness (QED) is 0.786. The maximum Gasteiger partial charge on any atom is 0.330 e. The number of nitrogens with one attached hydrogen (secondary N) is 1. The van der Waals surface area contributed by atoms with Crippen LogP contribution in [0, 0.1) is 0 Å². The summed E-state index contributed by atoms with van der Waals surface area (Å²) in [6, 6.07) is 4.14. The maximum absolute atomic E-state index is 12.1. The van der Waals surface area contributed by atoms with Crippen molar-refractivity contribution < 1.29 is 9.53 Å². The standard InChI is InChI=1S/C13H18N2O2/c1-3-17-12(16)13(2,15-11-4-5-11)10-6-8-14-9-7-10/h6-9,11,15H,3-5H2,1-2H3. The van der Waals surface area contributed by atoms with Crippen molar-refractivity contribution in [1.29, 1.82) is 0 Å². The molecule has 1 fully saturated rings. The van der Waals surface area contributed by atoms with Gasteiger partial charge in [-0.05, 0) is 44.4 Å². The van der Waals surface area contributed by atoms with E-state index in [1.807, 2.05) is 26.0 Å². The predicted octanol–water partition coefficient (Wildman–Crippen LogP) is 1.61.